The van der Waals surface area contributed by atoms with Gasteiger partial charge in [-0.15, -0.1) is 0 Å². The summed E-state index contributed by atoms with van der Waals surface area (Å²) in [6.45, 7) is 7.97. The van der Waals surface area contributed by atoms with Crippen LogP contribution in [0.15, 0.2) is 54.7 Å². The topological polar surface area (TPSA) is 150 Å². The van der Waals surface area contributed by atoms with Gasteiger partial charge in [0.25, 0.3) is 0 Å². The molecule has 1 aromatic heterocycles. The van der Waals surface area contributed by atoms with Crippen LogP contribution in [0.25, 0.3) is 11.3 Å². The lowest BCUT2D eigenvalue weighted by Crippen LogP contribution is -2.32. The highest BCUT2D eigenvalue weighted by atomic mass is 28.3. The van der Waals surface area contributed by atoms with Gasteiger partial charge >= 0.3 is 12.2 Å². The number of nitrogen functional groups attached to an aromatic ring is 1. The minimum absolute atomic E-state index is 0.0595. The second kappa shape index (κ2) is 13.8. The number of nitrogens with zero attached hydrogens (tertiary/aromatic N) is 2. The zero-order valence-electron chi connectivity index (χ0n) is 22.8. The highest BCUT2D eigenvalue weighted by Crippen LogP contribution is 2.30. The average molecular weight is 556 g/mol. The van der Waals surface area contributed by atoms with Gasteiger partial charge in [-0.25, -0.2) is 14.6 Å². The Morgan fingerprint density at radius 3 is 2.51 bits per heavy atom. The fourth-order valence-corrected chi connectivity index (χ4v) is 4.48. The molecular weight excluding hydrogens is 518 g/mol. The van der Waals surface area contributed by atoms with E-state index >= 15 is 0 Å². The standard InChI is InChI=1S/C27H37N5O6Si/c1-36-27(35)29-20-10-11-21(22(28)14-20)23-15-32(18-37-12-13-39(2,3)4)25(30-23)24(31-26(33)34)17-38-16-19-8-6-5-7-9-19/h5-11,14-15,24,31H,12-13,16-18,28H2,1-4H3,(H,29,35)(H,33,34)/t24-/m0/s1. The van der Waals surface area contributed by atoms with Crippen molar-refractivity contribution in [3.63, 3.8) is 0 Å². The number of methoxy groups -OCH3 is 1. The number of nitrogens with one attached hydrogen (secondary N) is 2. The van der Waals surface area contributed by atoms with E-state index in [9.17, 15) is 14.7 Å². The number of carbonyl (C=O) groups is 2. The molecule has 5 N–H and O–H groups in total. The number of anilines is 2. The summed E-state index contributed by atoms with van der Waals surface area (Å²) in [5.41, 5.74) is 9.26. The Labute approximate surface area is 229 Å². The maximum Gasteiger partial charge on any atom is 0.411 e. The Kier molecular flexibility index (Phi) is 10.5. The number of imidazole rings is 1. The van der Waals surface area contributed by atoms with Gasteiger partial charge in [-0.1, -0.05) is 50.0 Å². The smallest absolute Gasteiger partial charge is 0.411 e. The Morgan fingerprint density at radius 1 is 1.13 bits per heavy atom. The minimum Gasteiger partial charge on any atom is -0.465 e. The highest BCUT2D eigenvalue weighted by Gasteiger charge is 2.23. The Hall–Kier alpha value is -3.87. The Morgan fingerprint density at radius 2 is 1.87 bits per heavy atom. The summed E-state index contributed by atoms with van der Waals surface area (Å²) >= 11 is 0. The molecular formula is C27H37N5O6Si. The lowest BCUT2D eigenvalue weighted by atomic mass is 10.1. The number of ether oxygens (including phenoxy) is 3. The molecule has 2 aromatic carbocycles. The van der Waals surface area contributed by atoms with E-state index in [4.69, 9.17) is 20.2 Å². The SMILES string of the molecule is COC(=O)Nc1ccc(-c2cn(COCC[Si](C)(C)C)c([C@H](COCc3ccccc3)NC(=O)O)n2)c(N)c1. The maximum atomic E-state index is 11.7. The molecule has 0 aliphatic heterocycles. The Bertz CT molecular complexity index is 1250. The second-order valence-electron chi connectivity index (χ2n) is 10.2. The van der Waals surface area contributed by atoms with Crippen LogP contribution in [0.4, 0.5) is 21.0 Å². The van der Waals surface area contributed by atoms with Crippen molar-refractivity contribution < 1.29 is 28.9 Å². The van der Waals surface area contributed by atoms with Crippen molar-refractivity contribution in [2.24, 2.45) is 0 Å². The van der Waals surface area contributed by atoms with Crippen LogP contribution in [-0.2, 0) is 27.5 Å². The summed E-state index contributed by atoms with van der Waals surface area (Å²) in [6, 6.07) is 14.9. The summed E-state index contributed by atoms with van der Waals surface area (Å²) in [5.74, 6) is 0.435. The van der Waals surface area contributed by atoms with E-state index in [2.05, 4.69) is 35.0 Å². The monoisotopic (exact) mass is 555 g/mol. The van der Waals surface area contributed by atoms with Crippen LogP contribution >= 0.6 is 0 Å². The van der Waals surface area contributed by atoms with Crippen molar-refractivity contribution in [2.45, 2.75) is 45.1 Å². The fourth-order valence-electron chi connectivity index (χ4n) is 3.72. The van der Waals surface area contributed by atoms with E-state index in [1.54, 1.807) is 29.0 Å². The van der Waals surface area contributed by atoms with E-state index in [0.717, 1.165) is 11.6 Å². The van der Waals surface area contributed by atoms with E-state index < -0.39 is 26.3 Å². The summed E-state index contributed by atoms with van der Waals surface area (Å²) in [6.07, 6.45) is -0.0319. The van der Waals surface area contributed by atoms with Crippen LogP contribution in [0.5, 0.6) is 0 Å². The summed E-state index contributed by atoms with van der Waals surface area (Å²) < 4.78 is 18.2. The average Bonchev–Trinajstić information content (AvgIpc) is 3.29. The fraction of sp³-hybridized carbons (Fsp3) is 0.370. The van der Waals surface area contributed by atoms with Crippen LogP contribution in [0.3, 0.4) is 0 Å². The molecule has 3 rings (SSSR count). The van der Waals surface area contributed by atoms with E-state index in [1.165, 1.54) is 7.11 Å². The zero-order chi connectivity index (χ0) is 28.4. The molecule has 0 bridgehead atoms. The predicted molar refractivity (Wildman–Crippen MR) is 152 cm³/mol. The van der Waals surface area contributed by atoms with Gasteiger partial charge in [0.05, 0.1) is 26.0 Å². The molecule has 210 valence electrons. The predicted octanol–water partition coefficient (Wildman–Crippen LogP) is 5.15. The molecule has 12 heteroatoms. The molecule has 0 fully saturated rings. The number of aromatic nitrogens is 2. The van der Waals surface area contributed by atoms with E-state index in [-0.39, 0.29) is 13.3 Å². The first-order valence-electron chi connectivity index (χ1n) is 12.6. The first kappa shape index (κ1) is 29.7. The molecule has 1 atom stereocenters. The van der Waals surface area contributed by atoms with Crippen molar-refractivity contribution >= 4 is 31.6 Å². The minimum atomic E-state index is -1.29. The molecule has 39 heavy (non-hydrogen) atoms. The van der Waals surface area contributed by atoms with Crippen molar-refractivity contribution in [3.8, 4) is 11.3 Å². The summed E-state index contributed by atoms with van der Waals surface area (Å²) in [4.78, 5) is 28.0. The maximum absolute atomic E-state index is 11.7. The Balaban J connectivity index is 1.88. The van der Waals surface area contributed by atoms with Gasteiger partial charge in [0.2, 0.25) is 0 Å². The third-order valence-corrected chi connectivity index (χ3v) is 7.50. The third kappa shape index (κ3) is 9.43. The lowest BCUT2D eigenvalue weighted by molar-refractivity contribution is 0.0727. The number of hydrogen-bond acceptors (Lipinski definition) is 7. The lowest BCUT2D eigenvalue weighted by Gasteiger charge is -2.19. The molecule has 0 aliphatic rings. The molecule has 2 amide bonds. The van der Waals surface area contributed by atoms with Gasteiger partial charge in [-0.2, -0.15) is 0 Å². The van der Waals surface area contributed by atoms with Crippen LogP contribution < -0.4 is 16.4 Å². The second-order valence-corrected chi connectivity index (χ2v) is 15.8. The molecule has 0 unspecified atom stereocenters. The molecule has 11 nitrogen and oxygen atoms in total. The first-order chi connectivity index (χ1) is 18.6. The molecule has 1 heterocycles. The van der Waals surface area contributed by atoms with Gasteiger partial charge < -0.3 is 34.9 Å². The number of carboxylic acid groups (broad SMARTS) is 1. The summed E-state index contributed by atoms with van der Waals surface area (Å²) in [7, 11) is -0.0168. The molecule has 0 saturated carbocycles. The number of amides is 2. The normalized spacial score (nSPS) is 12.1. The highest BCUT2D eigenvalue weighted by molar-refractivity contribution is 6.76. The van der Waals surface area contributed by atoms with Crippen molar-refractivity contribution in [1.82, 2.24) is 14.9 Å². The van der Waals surface area contributed by atoms with Crippen LogP contribution in [0, 0.1) is 0 Å². The number of hydrogen-bond donors (Lipinski definition) is 4. The zero-order valence-corrected chi connectivity index (χ0v) is 23.8. The molecule has 0 saturated heterocycles. The van der Waals surface area contributed by atoms with Crippen LogP contribution in [0.1, 0.15) is 17.4 Å². The van der Waals surface area contributed by atoms with E-state index in [1.807, 2.05) is 30.3 Å². The van der Waals surface area contributed by atoms with Crippen molar-refractivity contribution in [1.29, 1.82) is 0 Å². The number of benzene rings is 2. The number of nitrogens with two attached hydrogens (primary N) is 1. The van der Waals surface area contributed by atoms with Gasteiger partial charge in [-0.05, 0) is 29.8 Å². The third-order valence-electron chi connectivity index (χ3n) is 5.80. The molecule has 3 aromatic rings. The number of carbonyl (C=O) groups excluding carboxylic acids is 1. The van der Waals surface area contributed by atoms with Crippen LogP contribution in [-0.4, -0.2) is 55.2 Å². The van der Waals surface area contributed by atoms with Gasteiger partial charge in [0, 0.05) is 37.8 Å². The number of rotatable bonds is 13. The largest absolute Gasteiger partial charge is 0.465 e. The van der Waals surface area contributed by atoms with Crippen LogP contribution in [0.2, 0.25) is 25.7 Å². The van der Waals surface area contributed by atoms with Gasteiger partial charge in [-0.3, -0.25) is 5.32 Å². The van der Waals surface area contributed by atoms with Crippen molar-refractivity contribution in [3.05, 3.63) is 66.1 Å². The van der Waals surface area contributed by atoms with Gasteiger partial charge in [0.1, 0.15) is 18.6 Å². The van der Waals surface area contributed by atoms with Gasteiger partial charge in [0.15, 0.2) is 0 Å². The quantitative estimate of drug-likeness (QED) is 0.128. The summed E-state index contributed by atoms with van der Waals surface area (Å²) in [5, 5.41) is 14.6. The first-order valence-corrected chi connectivity index (χ1v) is 16.3. The molecule has 0 spiro atoms. The van der Waals surface area contributed by atoms with Crippen molar-refractivity contribution in [2.75, 3.05) is 31.4 Å². The molecule has 0 aliphatic carbocycles. The van der Waals surface area contributed by atoms with E-state index in [0.29, 0.717) is 41.7 Å². The molecule has 0 radical (unpaired) electrons.